The third-order valence-corrected chi connectivity index (χ3v) is 7.32. The summed E-state index contributed by atoms with van der Waals surface area (Å²) >= 11 is 1.79. The van der Waals surface area contributed by atoms with Gasteiger partial charge in [0.25, 0.3) is 0 Å². The predicted octanol–water partition coefficient (Wildman–Crippen LogP) is 5.94. The van der Waals surface area contributed by atoms with Crippen molar-refractivity contribution in [2.24, 2.45) is 11.8 Å². The molecule has 0 spiro atoms. The summed E-state index contributed by atoms with van der Waals surface area (Å²) < 4.78 is 7.49. The molecule has 2 N–H and O–H groups in total. The second-order valence-electron chi connectivity index (χ2n) is 8.86. The van der Waals surface area contributed by atoms with Gasteiger partial charge in [-0.1, -0.05) is 49.4 Å². The third kappa shape index (κ3) is 6.02. The van der Waals surface area contributed by atoms with E-state index in [9.17, 15) is 9.90 Å². The summed E-state index contributed by atoms with van der Waals surface area (Å²) in [4.78, 5) is 10.7. The zero-order valence-corrected chi connectivity index (χ0v) is 20.3. The van der Waals surface area contributed by atoms with Crippen LogP contribution in [0.15, 0.2) is 59.6 Å². The number of benzene rings is 2. The van der Waals surface area contributed by atoms with Crippen LogP contribution in [0.4, 0.5) is 0 Å². The van der Waals surface area contributed by atoms with E-state index in [2.05, 4.69) is 23.7 Å². The number of ether oxygens (including phenoxy) is 1. The van der Waals surface area contributed by atoms with Gasteiger partial charge < -0.3 is 14.9 Å². The first-order valence-electron chi connectivity index (χ1n) is 11.9. The molecule has 0 atom stereocenters. The van der Waals surface area contributed by atoms with Gasteiger partial charge in [0.05, 0.1) is 6.61 Å². The van der Waals surface area contributed by atoms with Gasteiger partial charge in [-0.15, -0.1) is 11.8 Å². The number of aromatic hydroxyl groups is 1. The largest absolute Gasteiger partial charge is 0.508 e. The average Bonchev–Trinajstić information content (AvgIpc) is 3.19. The molecular formula is C27H32N2O4S. The first-order chi connectivity index (χ1) is 16.5. The molecule has 6 nitrogen and oxygen atoms in total. The quantitative estimate of drug-likeness (QED) is 0.349. The van der Waals surface area contributed by atoms with E-state index in [4.69, 9.17) is 14.9 Å². The fourth-order valence-electron chi connectivity index (χ4n) is 4.71. The van der Waals surface area contributed by atoms with Crippen LogP contribution >= 0.6 is 11.8 Å². The third-order valence-electron chi connectivity index (χ3n) is 6.35. The number of aliphatic carboxylic acids is 1. The van der Waals surface area contributed by atoms with Gasteiger partial charge in [-0.05, 0) is 61.0 Å². The van der Waals surface area contributed by atoms with E-state index in [-0.39, 0.29) is 12.4 Å². The minimum absolute atomic E-state index is 0.217. The summed E-state index contributed by atoms with van der Waals surface area (Å²) in [7, 11) is 0. The molecule has 7 heteroatoms. The molecule has 0 aliphatic heterocycles. The van der Waals surface area contributed by atoms with Gasteiger partial charge in [0, 0.05) is 17.7 Å². The maximum Gasteiger partial charge on any atom is 0.329 e. The van der Waals surface area contributed by atoms with Crippen LogP contribution in [0.3, 0.4) is 0 Å². The Balaban J connectivity index is 1.59. The van der Waals surface area contributed by atoms with Crippen molar-refractivity contribution in [3.05, 3.63) is 54.6 Å². The standard InChI is InChI=1S/C27H32N2O4S/c1-2-34-27-25(22-9-6-10-23(30)15-22)26(21-7-4-3-5-8-21)28-29(27)16-19-11-13-20(14-12-19)17-33-18-24(31)32/h3-10,15,19-20,30H,2,11-14,16-18H2,1H3,(H,31,32)/t19-,20-. The molecule has 1 aromatic heterocycles. The van der Waals surface area contributed by atoms with Gasteiger partial charge in [-0.3, -0.25) is 4.68 Å². The smallest absolute Gasteiger partial charge is 0.329 e. The second-order valence-corrected chi connectivity index (χ2v) is 10.1. The second kappa shape index (κ2) is 11.6. The van der Waals surface area contributed by atoms with Crippen molar-refractivity contribution in [2.45, 2.75) is 44.2 Å². The lowest BCUT2D eigenvalue weighted by atomic mass is 9.82. The highest BCUT2D eigenvalue weighted by molar-refractivity contribution is 7.99. The van der Waals surface area contributed by atoms with Crippen LogP contribution in [0.5, 0.6) is 5.75 Å². The number of carbonyl (C=O) groups is 1. The monoisotopic (exact) mass is 480 g/mol. The molecule has 0 radical (unpaired) electrons. The van der Waals surface area contributed by atoms with Crippen molar-refractivity contribution in [3.8, 4) is 28.1 Å². The Morgan fingerprint density at radius 3 is 2.44 bits per heavy atom. The van der Waals surface area contributed by atoms with Gasteiger partial charge in [-0.2, -0.15) is 5.10 Å². The highest BCUT2D eigenvalue weighted by atomic mass is 32.2. The zero-order chi connectivity index (χ0) is 23.9. The van der Waals surface area contributed by atoms with E-state index in [1.165, 1.54) is 0 Å². The fraction of sp³-hybridized carbons (Fsp3) is 0.407. The van der Waals surface area contributed by atoms with Crippen molar-refractivity contribution in [1.82, 2.24) is 9.78 Å². The maximum absolute atomic E-state index is 10.7. The highest BCUT2D eigenvalue weighted by Crippen LogP contribution is 2.41. The Kier molecular flexibility index (Phi) is 8.29. The molecule has 180 valence electrons. The van der Waals surface area contributed by atoms with Gasteiger partial charge in [0.1, 0.15) is 23.1 Å². The Morgan fingerprint density at radius 2 is 1.76 bits per heavy atom. The van der Waals surface area contributed by atoms with Crippen LogP contribution in [0, 0.1) is 11.8 Å². The molecule has 0 unspecified atom stereocenters. The summed E-state index contributed by atoms with van der Waals surface area (Å²) in [5.41, 5.74) is 4.06. The number of thioether (sulfide) groups is 1. The fourth-order valence-corrected chi connectivity index (χ4v) is 5.61. The molecule has 2 aromatic carbocycles. The summed E-state index contributed by atoms with van der Waals surface area (Å²) in [5, 5.41) is 25.2. The number of rotatable bonds is 10. The van der Waals surface area contributed by atoms with Crippen LogP contribution in [0.2, 0.25) is 0 Å². The molecule has 0 amide bonds. The summed E-state index contributed by atoms with van der Waals surface area (Å²) in [6.07, 6.45) is 4.26. The molecule has 1 fully saturated rings. The maximum atomic E-state index is 10.7. The Labute approximate surface area is 205 Å². The van der Waals surface area contributed by atoms with Crippen molar-refractivity contribution >= 4 is 17.7 Å². The summed E-state index contributed by atoms with van der Waals surface area (Å²) in [6.45, 7) is 3.31. The zero-order valence-electron chi connectivity index (χ0n) is 19.5. The Morgan fingerprint density at radius 1 is 1.06 bits per heavy atom. The number of phenolic OH excluding ortho intramolecular Hbond substituents is 1. The van der Waals surface area contributed by atoms with E-state index >= 15 is 0 Å². The van der Waals surface area contributed by atoms with Crippen molar-refractivity contribution in [1.29, 1.82) is 0 Å². The van der Waals surface area contributed by atoms with E-state index in [1.54, 1.807) is 17.8 Å². The van der Waals surface area contributed by atoms with Gasteiger partial charge in [-0.25, -0.2) is 4.79 Å². The average molecular weight is 481 g/mol. The molecule has 1 saturated carbocycles. The van der Waals surface area contributed by atoms with Crippen LogP contribution in [0.1, 0.15) is 32.6 Å². The predicted molar refractivity (Wildman–Crippen MR) is 135 cm³/mol. The van der Waals surface area contributed by atoms with Crippen LogP contribution < -0.4 is 0 Å². The first-order valence-corrected chi connectivity index (χ1v) is 12.9. The van der Waals surface area contributed by atoms with Gasteiger partial charge >= 0.3 is 5.97 Å². The lowest BCUT2D eigenvalue weighted by molar-refractivity contribution is -0.142. The van der Waals surface area contributed by atoms with E-state index in [1.807, 2.05) is 36.4 Å². The topological polar surface area (TPSA) is 84.6 Å². The van der Waals surface area contributed by atoms with Gasteiger partial charge in [0.2, 0.25) is 0 Å². The minimum Gasteiger partial charge on any atom is -0.508 e. The van der Waals surface area contributed by atoms with E-state index in [0.29, 0.717) is 18.4 Å². The molecule has 1 heterocycles. The van der Waals surface area contributed by atoms with Crippen LogP contribution in [-0.4, -0.2) is 44.9 Å². The first kappa shape index (κ1) is 24.4. The van der Waals surface area contributed by atoms with E-state index in [0.717, 1.165) is 65.4 Å². The Bertz CT molecular complexity index is 1090. The number of carboxylic acids is 1. The molecule has 4 rings (SSSR count). The number of carboxylic acid groups (broad SMARTS) is 1. The van der Waals surface area contributed by atoms with Crippen molar-refractivity contribution in [3.63, 3.8) is 0 Å². The van der Waals surface area contributed by atoms with Crippen molar-refractivity contribution in [2.75, 3.05) is 19.0 Å². The summed E-state index contributed by atoms with van der Waals surface area (Å²) in [5.74, 6) is 1.22. The number of aromatic nitrogens is 2. The van der Waals surface area contributed by atoms with Gasteiger partial charge in [0.15, 0.2) is 0 Å². The molecule has 1 aliphatic carbocycles. The van der Waals surface area contributed by atoms with Crippen LogP contribution in [-0.2, 0) is 16.1 Å². The number of hydrogen-bond acceptors (Lipinski definition) is 5. The lowest BCUT2D eigenvalue weighted by Crippen LogP contribution is -2.23. The number of nitrogens with zero attached hydrogens (tertiary/aromatic N) is 2. The molecule has 34 heavy (non-hydrogen) atoms. The van der Waals surface area contributed by atoms with E-state index < -0.39 is 5.97 Å². The summed E-state index contributed by atoms with van der Waals surface area (Å²) in [6, 6.07) is 17.7. The number of hydrogen-bond donors (Lipinski definition) is 2. The molecule has 3 aromatic rings. The molecule has 0 bridgehead atoms. The lowest BCUT2D eigenvalue weighted by Gasteiger charge is -2.28. The SMILES string of the molecule is CCSc1c(-c2cccc(O)c2)c(-c2ccccc2)nn1C[C@H]1CC[C@H](COCC(=O)O)CC1. The minimum atomic E-state index is -0.912. The normalized spacial score (nSPS) is 18.1. The number of phenols is 1. The Hall–Kier alpha value is -2.77. The molecule has 1 aliphatic rings. The highest BCUT2D eigenvalue weighted by Gasteiger charge is 2.26. The van der Waals surface area contributed by atoms with Crippen LogP contribution in [0.25, 0.3) is 22.4 Å². The molecular weight excluding hydrogens is 448 g/mol. The molecule has 0 saturated heterocycles. The van der Waals surface area contributed by atoms with Crippen molar-refractivity contribution < 1.29 is 19.7 Å².